The minimum Gasteiger partial charge on any atom is -0.384 e. The van der Waals surface area contributed by atoms with Crippen LogP contribution in [0, 0.1) is 11.6 Å². The number of ketones is 1. The molecule has 1 unspecified atom stereocenters. The van der Waals surface area contributed by atoms with E-state index >= 15 is 0 Å². The lowest BCUT2D eigenvalue weighted by Gasteiger charge is -2.09. The zero-order valence-corrected chi connectivity index (χ0v) is 8.13. The summed E-state index contributed by atoms with van der Waals surface area (Å²) in [6.45, 7) is -0.00517. The third kappa shape index (κ3) is 2.81. The summed E-state index contributed by atoms with van der Waals surface area (Å²) in [5.41, 5.74) is -0.433. The summed E-state index contributed by atoms with van der Waals surface area (Å²) in [5.74, 6) is -2.38. The molecule has 0 aromatic heterocycles. The largest absolute Gasteiger partial charge is 0.384 e. The second-order valence-corrected chi connectivity index (χ2v) is 3.06. The van der Waals surface area contributed by atoms with Gasteiger partial charge in [-0.3, -0.25) is 4.79 Å². The molecule has 0 saturated heterocycles. The summed E-state index contributed by atoms with van der Waals surface area (Å²) >= 11 is 0. The van der Waals surface area contributed by atoms with E-state index < -0.39 is 29.1 Å². The zero-order chi connectivity index (χ0) is 11.4. The fraction of sp³-hybridized carbons (Fsp3) is 0.300. The Labute approximate surface area is 85.7 Å². The second-order valence-electron chi connectivity index (χ2n) is 3.06. The highest BCUT2D eigenvalue weighted by atomic mass is 19.1. The van der Waals surface area contributed by atoms with Gasteiger partial charge < -0.3 is 10.4 Å². The van der Waals surface area contributed by atoms with Crippen LogP contribution >= 0.6 is 0 Å². The van der Waals surface area contributed by atoms with Gasteiger partial charge in [0, 0.05) is 6.54 Å². The number of hydrogen-bond acceptors (Lipinski definition) is 3. The molecule has 82 valence electrons. The maximum Gasteiger partial charge on any atom is 0.195 e. The van der Waals surface area contributed by atoms with Crippen LogP contribution < -0.4 is 5.32 Å². The highest BCUT2D eigenvalue weighted by Gasteiger charge is 2.20. The van der Waals surface area contributed by atoms with Crippen molar-refractivity contribution >= 4 is 5.78 Å². The van der Waals surface area contributed by atoms with Crippen molar-refractivity contribution in [2.24, 2.45) is 0 Å². The van der Waals surface area contributed by atoms with E-state index in [4.69, 9.17) is 0 Å². The average molecular weight is 215 g/mol. The van der Waals surface area contributed by atoms with Crippen molar-refractivity contribution in [1.82, 2.24) is 5.32 Å². The highest BCUT2D eigenvalue weighted by Crippen LogP contribution is 2.11. The number of hydrogen-bond donors (Lipinski definition) is 2. The lowest BCUT2D eigenvalue weighted by Crippen LogP contribution is -2.31. The molecule has 1 aromatic carbocycles. The molecule has 0 spiro atoms. The lowest BCUT2D eigenvalue weighted by molar-refractivity contribution is 0.0745. The molecule has 15 heavy (non-hydrogen) atoms. The van der Waals surface area contributed by atoms with E-state index in [0.717, 1.165) is 18.2 Å². The molecular formula is C10H11F2NO2. The van der Waals surface area contributed by atoms with Crippen LogP contribution in [0.4, 0.5) is 8.78 Å². The summed E-state index contributed by atoms with van der Waals surface area (Å²) in [6.07, 6.45) is -1.37. The Morgan fingerprint density at radius 2 is 2.20 bits per heavy atom. The number of carbonyl (C=O) groups excluding carboxylic acids is 1. The van der Waals surface area contributed by atoms with Crippen molar-refractivity contribution in [3.63, 3.8) is 0 Å². The van der Waals surface area contributed by atoms with Crippen LogP contribution in [-0.4, -0.2) is 30.6 Å². The van der Waals surface area contributed by atoms with Crippen LogP contribution in [-0.2, 0) is 0 Å². The normalized spacial score (nSPS) is 12.5. The Bertz CT molecular complexity index is 368. The van der Waals surface area contributed by atoms with Gasteiger partial charge in [0.05, 0.1) is 5.56 Å². The fourth-order valence-corrected chi connectivity index (χ4v) is 1.15. The van der Waals surface area contributed by atoms with E-state index in [0.29, 0.717) is 0 Å². The van der Waals surface area contributed by atoms with Crippen LogP contribution in [0.2, 0.25) is 0 Å². The number of nitrogens with one attached hydrogen (secondary N) is 1. The van der Waals surface area contributed by atoms with Crippen LogP contribution in [0.25, 0.3) is 0 Å². The van der Waals surface area contributed by atoms with Crippen molar-refractivity contribution in [3.05, 3.63) is 35.4 Å². The number of aliphatic hydroxyl groups is 1. The average Bonchev–Trinajstić information content (AvgIpc) is 2.21. The summed E-state index contributed by atoms with van der Waals surface area (Å²) in [6, 6.07) is 2.54. The molecule has 0 fully saturated rings. The summed E-state index contributed by atoms with van der Waals surface area (Å²) in [4.78, 5) is 11.4. The molecule has 0 saturated carbocycles. The standard InChI is InChI=1S/C10H11F2NO2/c1-13-5-9(14)10(15)7-4-6(11)2-3-8(7)12/h2-4,9,13-14H,5H2,1H3. The van der Waals surface area contributed by atoms with Crippen molar-refractivity contribution < 1.29 is 18.7 Å². The smallest absolute Gasteiger partial charge is 0.195 e. The number of likely N-dealkylation sites (N-methyl/N-ethyl adjacent to an activating group) is 1. The van der Waals surface area contributed by atoms with Crippen LogP contribution in [0.5, 0.6) is 0 Å². The van der Waals surface area contributed by atoms with Crippen molar-refractivity contribution in [2.45, 2.75) is 6.10 Å². The highest BCUT2D eigenvalue weighted by molar-refractivity contribution is 5.99. The number of aliphatic hydroxyl groups excluding tert-OH is 1. The molecule has 0 aliphatic carbocycles. The molecule has 3 nitrogen and oxygen atoms in total. The molecule has 1 aromatic rings. The SMILES string of the molecule is CNCC(O)C(=O)c1cc(F)ccc1F. The van der Waals surface area contributed by atoms with Crippen molar-refractivity contribution in [1.29, 1.82) is 0 Å². The molecule has 0 bridgehead atoms. The number of carbonyl (C=O) groups is 1. The van der Waals surface area contributed by atoms with Crippen LogP contribution in [0.15, 0.2) is 18.2 Å². The van der Waals surface area contributed by atoms with Gasteiger partial charge in [0.25, 0.3) is 0 Å². The Morgan fingerprint density at radius 1 is 1.53 bits per heavy atom. The Balaban J connectivity index is 2.95. The number of halogens is 2. The number of benzene rings is 1. The molecule has 2 N–H and O–H groups in total. The molecule has 0 aliphatic rings. The van der Waals surface area contributed by atoms with E-state index in [9.17, 15) is 18.7 Å². The van der Waals surface area contributed by atoms with Gasteiger partial charge >= 0.3 is 0 Å². The van der Waals surface area contributed by atoms with E-state index in [1.165, 1.54) is 0 Å². The first-order valence-corrected chi connectivity index (χ1v) is 4.38. The number of Topliss-reactive ketones (excluding diaryl/α,β-unsaturated/α-hetero) is 1. The predicted octanol–water partition coefficient (Wildman–Crippen LogP) is 0.728. The molecule has 0 aliphatic heterocycles. The predicted molar refractivity (Wildman–Crippen MR) is 50.6 cm³/mol. The summed E-state index contributed by atoms with van der Waals surface area (Å²) in [7, 11) is 1.54. The molecule has 1 atom stereocenters. The molecule has 1 rings (SSSR count). The van der Waals surface area contributed by atoms with Crippen molar-refractivity contribution in [2.75, 3.05) is 13.6 Å². The van der Waals surface area contributed by atoms with Gasteiger partial charge in [-0.05, 0) is 25.2 Å². The first-order valence-electron chi connectivity index (χ1n) is 4.38. The minimum atomic E-state index is -1.37. The van der Waals surface area contributed by atoms with Gasteiger partial charge in [-0.1, -0.05) is 0 Å². The zero-order valence-electron chi connectivity index (χ0n) is 8.13. The van der Waals surface area contributed by atoms with E-state index in [1.807, 2.05) is 0 Å². The first kappa shape index (κ1) is 11.7. The third-order valence-corrected chi connectivity index (χ3v) is 1.89. The summed E-state index contributed by atoms with van der Waals surface area (Å²) in [5, 5.41) is 11.9. The Hall–Kier alpha value is -1.33. The van der Waals surface area contributed by atoms with Crippen LogP contribution in [0.1, 0.15) is 10.4 Å². The van der Waals surface area contributed by atoms with E-state index in [2.05, 4.69) is 5.32 Å². The van der Waals surface area contributed by atoms with Gasteiger partial charge in [0.2, 0.25) is 0 Å². The van der Waals surface area contributed by atoms with Gasteiger partial charge in [-0.15, -0.1) is 0 Å². The van der Waals surface area contributed by atoms with Gasteiger partial charge in [0.15, 0.2) is 5.78 Å². The summed E-state index contributed by atoms with van der Waals surface area (Å²) < 4.78 is 25.8. The quantitative estimate of drug-likeness (QED) is 0.728. The number of rotatable bonds is 4. The van der Waals surface area contributed by atoms with Gasteiger partial charge in [-0.25, -0.2) is 8.78 Å². The third-order valence-electron chi connectivity index (χ3n) is 1.89. The van der Waals surface area contributed by atoms with E-state index in [-0.39, 0.29) is 6.54 Å². The molecule has 0 radical (unpaired) electrons. The fourth-order valence-electron chi connectivity index (χ4n) is 1.15. The maximum absolute atomic E-state index is 13.1. The molecule has 0 amide bonds. The molecule has 5 heteroatoms. The first-order chi connectivity index (χ1) is 7.06. The minimum absolute atomic E-state index is 0.00517. The lowest BCUT2D eigenvalue weighted by atomic mass is 10.1. The van der Waals surface area contributed by atoms with Crippen molar-refractivity contribution in [3.8, 4) is 0 Å². The Kier molecular flexibility index (Phi) is 3.88. The Morgan fingerprint density at radius 3 is 2.80 bits per heavy atom. The topological polar surface area (TPSA) is 49.3 Å². The molecular weight excluding hydrogens is 204 g/mol. The monoisotopic (exact) mass is 215 g/mol. The maximum atomic E-state index is 13.1. The van der Waals surface area contributed by atoms with Gasteiger partial charge in [-0.2, -0.15) is 0 Å². The van der Waals surface area contributed by atoms with Crippen LogP contribution in [0.3, 0.4) is 0 Å². The second kappa shape index (κ2) is 4.95. The van der Waals surface area contributed by atoms with Gasteiger partial charge in [0.1, 0.15) is 17.7 Å². The molecule has 0 heterocycles. The van der Waals surface area contributed by atoms with E-state index in [1.54, 1.807) is 7.05 Å².